The first-order valence-corrected chi connectivity index (χ1v) is 7.25. The highest BCUT2D eigenvalue weighted by Gasteiger charge is 2.31. The molecule has 1 saturated heterocycles. The van der Waals surface area contributed by atoms with Gasteiger partial charge >= 0.3 is 0 Å². The fourth-order valence-electron chi connectivity index (χ4n) is 2.73. The van der Waals surface area contributed by atoms with Crippen molar-refractivity contribution >= 4 is 5.91 Å². The number of benzene rings is 1. The molecule has 4 heteroatoms. The van der Waals surface area contributed by atoms with Gasteiger partial charge in [0.15, 0.2) is 0 Å². The molecule has 110 valence electrons. The van der Waals surface area contributed by atoms with Crippen LogP contribution in [-0.2, 0) is 4.79 Å². The Hall–Kier alpha value is -1.42. The third-order valence-electron chi connectivity index (χ3n) is 4.05. The fourth-order valence-corrected chi connectivity index (χ4v) is 2.73. The summed E-state index contributed by atoms with van der Waals surface area (Å²) in [5.74, 6) is 0.475. The zero-order valence-corrected chi connectivity index (χ0v) is 12.3. The second-order valence-electron chi connectivity index (χ2n) is 6.02. The van der Waals surface area contributed by atoms with E-state index in [1.165, 1.54) is 12.1 Å². The van der Waals surface area contributed by atoms with Crippen LogP contribution >= 0.6 is 0 Å². The highest BCUT2D eigenvalue weighted by Crippen LogP contribution is 2.24. The molecule has 1 aromatic carbocycles. The number of hydrogen-bond acceptors (Lipinski definition) is 2. The van der Waals surface area contributed by atoms with Crippen LogP contribution in [0.3, 0.4) is 0 Å². The van der Waals surface area contributed by atoms with E-state index in [0.29, 0.717) is 5.92 Å². The Balaban J connectivity index is 2.09. The van der Waals surface area contributed by atoms with Gasteiger partial charge in [0.1, 0.15) is 5.82 Å². The van der Waals surface area contributed by atoms with E-state index in [4.69, 9.17) is 0 Å². The zero-order chi connectivity index (χ0) is 14.7. The van der Waals surface area contributed by atoms with Gasteiger partial charge in [-0.3, -0.25) is 4.79 Å². The van der Waals surface area contributed by atoms with Gasteiger partial charge in [0.25, 0.3) is 0 Å². The minimum Gasteiger partial charge on any atom is -0.349 e. The Bertz CT molecular complexity index is 458. The van der Waals surface area contributed by atoms with E-state index in [0.717, 1.165) is 18.7 Å². The number of halogens is 1. The summed E-state index contributed by atoms with van der Waals surface area (Å²) in [6, 6.07) is 6.30. The average Bonchev–Trinajstić information content (AvgIpc) is 2.83. The van der Waals surface area contributed by atoms with Gasteiger partial charge in [-0.05, 0) is 36.1 Å². The van der Waals surface area contributed by atoms with Crippen molar-refractivity contribution in [3.05, 3.63) is 35.6 Å². The lowest BCUT2D eigenvalue weighted by atomic mass is 9.93. The summed E-state index contributed by atoms with van der Waals surface area (Å²) in [6.45, 7) is 7.84. The second-order valence-corrected chi connectivity index (χ2v) is 6.02. The van der Waals surface area contributed by atoms with E-state index in [1.54, 1.807) is 12.1 Å². The molecule has 0 radical (unpaired) electrons. The van der Waals surface area contributed by atoms with Gasteiger partial charge < -0.3 is 10.6 Å². The molecule has 0 aromatic heterocycles. The van der Waals surface area contributed by atoms with Gasteiger partial charge in [-0.15, -0.1) is 0 Å². The van der Waals surface area contributed by atoms with Gasteiger partial charge in [0, 0.05) is 6.54 Å². The molecule has 0 aliphatic carbocycles. The summed E-state index contributed by atoms with van der Waals surface area (Å²) >= 11 is 0. The predicted molar refractivity (Wildman–Crippen MR) is 77.6 cm³/mol. The first-order chi connectivity index (χ1) is 9.49. The molecule has 1 fully saturated rings. The molecule has 2 N–H and O–H groups in total. The lowest BCUT2D eigenvalue weighted by molar-refractivity contribution is -0.126. The largest absolute Gasteiger partial charge is 0.349 e. The van der Waals surface area contributed by atoms with Crippen LogP contribution in [-0.4, -0.2) is 19.0 Å². The number of rotatable bonds is 4. The first kappa shape index (κ1) is 15.0. The van der Waals surface area contributed by atoms with Crippen LogP contribution in [0.2, 0.25) is 0 Å². The topological polar surface area (TPSA) is 41.1 Å². The molecular formula is C16H23FN2O. The van der Waals surface area contributed by atoms with Crippen LogP contribution in [0, 0.1) is 23.6 Å². The molecular weight excluding hydrogens is 255 g/mol. The Morgan fingerprint density at radius 3 is 2.45 bits per heavy atom. The summed E-state index contributed by atoms with van der Waals surface area (Å²) in [5, 5.41) is 6.37. The van der Waals surface area contributed by atoms with Crippen molar-refractivity contribution in [3.63, 3.8) is 0 Å². The van der Waals surface area contributed by atoms with Crippen molar-refractivity contribution in [2.75, 3.05) is 13.1 Å². The molecule has 1 aliphatic heterocycles. The lowest BCUT2D eigenvalue weighted by Gasteiger charge is -2.25. The number of carbonyl (C=O) groups is 1. The van der Waals surface area contributed by atoms with E-state index < -0.39 is 0 Å². The highest BCUT2D eigenvalue weighted by molar-refractivity contribution is 5.80. The van der Waals surface area contributed by atoms with E-state index in [-0.39, 0.29) is 29.6 Å². The van der Waals surface area contributed by atoms with Gasteiger partial charge in [0.2, 0.25) is 5.91 Å². The lowest BCUT2D eigenvalue weighted by Crippen LogP contribution is -2.38. The monoisotopic (exact) mass is 278 g/mol. The van der Waals surface area contributed by atoms with Crippen molar-refractivity contribution in [1.82, 2.24) is 10.6 Å². The summed E-state index contributed by atoms with van der Waals surface area (Å²) in [6.07, 6.45) is 0. The number of nitrogens with one attached hydrogen (secondary N) is 2. The van der Waals surface area contributed by atoms with Crippen molar-refractivity contribution in [2.24, 2.45) is 17.8 Å². The highest BCUT2D eigenvalue weighted by atomic mass is 19.1. The van der Waals surface area contributed by atoms with E-state index in [2.05, 4.69) is 31.4 Å². The van der Waals surface area contributed by atoms with Crippen LogP contribution in [0.1, 0.15) is 32.4 Å². The number of carbonyl (C=O) groups excluding carboxylic acids is 1. The van der Waals surface area contributed by atoms with Crippen LogP contribution in [0.25, 0.3) is 0 Å². The third kappa shape index (κ3) is 3.37. The summed E-state index contributed by atoms with van der Waals surface area (Å²) in [4.78, 5) is 12.4. The molecule has 1 aliphatic rings. The number of amides is 1. The molecule has 3 nitrogen and oxygen atoms in total. The summed E-state index contributed by atoms with van der Waals surface area (Å²) < 4.78 is 13.0. The van der Waals surface area contributed by atoms with E-state index in [9.17, 15) is 9.18 Å². The van der Waals surface area contributed by atoms with Crippen molar-refractivity contribution in [2.45, 2.75) is 26.8 Å². The summed E-state index contributed by atoms with van der Waals surface area (Å²) in [5.41, 5.74) is 0.952. The molecule has 2 rings (SSSR count). The fraction of sp³-hybridized carbons (Fsp3) is 0.562. The number of hydrogen-bond donors (Lipinski definition) is 2. The molecule has 1 amide bonds. The minimum atomic E-state index is -0.254. The molecule has 0 saturated carbocycles. The zero-order valence-electron chi connectivity index (χ0n) is 12.3. The van der Waals surface area contributed by atoms with Crippen LogP contribution in [0.15, 0.2) is 24.3 Å². The maximum atomic E-state index is 13.0. The predicted octanol–water partition coefficient (Wildman–Crippen LogP) is 2.49. The Morgan fingerprint density at radius 1 is 1.30 bits per heavy atom. The molecule has 3 atom stereocenters. The van der Waals surface area contributed by atoms with Crippen molar-refractivity contribution in [3.8, 4) is 0 Å². The molecule has 1 heterocycles. The maximum Gasteiger partial charge on any atom is 0.225 e. The van der Waals surface area contributed by atoms with Gasteiger partial charge in [0.05, 0.1) is 12.0 Å². The minimum absolute atomic E-state index is 0.0247. The molecule has 0 bridgehead atoms. The van der Waals surface area contributed by atoms with Gasteiger partial charge in [-0.2, -0.15) is 0 Å². The van der Waals surface area contributed by atoms with E-state index in [1.807, 2.05) is 0 Å². The van der Waals surface area contributed by atoms with Crippen molar-refractivity contribution in [1.29, 1.82) is 0 Å². The van der Waals surface area contributed by atoms with Crippen LogP contribution in [0.4, 0.5) is 4.39 Å². The average molecular weight is 278 g/mol. The third-order valence-corrected chi connectivity index (χ3v) is 4.05. The second kappa shape index (κ2) is 6.35. The summed E-state index contributed by atoms with van der Waals surface area (Å²) in [7, 11) is 0. The van der Waals surface area contributed by atoms with E-state index >= 15 is 0 Å². The van der Waals surface area contributed by atoms with Crippen LogP contribution < -0.4 is 10.6 Å². The standard InChI is InChI=1S/C16H23FN2O/c1-10(2)15(12-4-6-13(17)7-5-12)19-16(20)14-9-18-8-11(14)3/h4-7,10-11,14-15,18H,8-9H2,1-3H3,(H,19,20). The Morgan fingerprint density at radius 2 is 1.95 bits per heavy atom. The molecule has 1 aromatic rings. The first-order valence-electron chi connectivity index (χ1n) is 7.25. The van der Waals surface area contributed by atoms with Crippen LogP contribution in [0.5, 0.6) is 0 Å². The SMILES string of the molecule is CC(C)C(NC(=O)C1CNCC1C)c1ccc(F)cc1. The smallest absolute Gasteiger partial charge is 0.225 e. The molecule has 3 unspecified atom stereocenters. The molecule has 0 spiro atoms. The van der Waals surface area contributed by atoms with Gasteiger partial charge in [-0.1, -0.05) is 32.9 Å². The Kier molecular flexibility index (Phi) is 4.76. The normalized spacial score (nSPS) is 23.9. The Labute approximate surface area is 120 Å². The van der Waals surface area contributed by atoms with Gasteiger partial charge in [-0.25, -0.2) is 4.39 Å². The molecule has 20 heavy (non-hydrogen) atoms. The maximum absolute atomic E-state index is 13.0. The quantitative estimate of drug-likeness (QED) is 0.888. The van der Waals surface area contributed by atoms with Crippen molar-refractivity contribution < 1.29 is 9.18 Å².